The van der Waals surface area contributed by atoms with E-state index in [9.17, 15) is 4.79 Å². The third-order valence-electron chi connectivity index (χ3n) is 2.92. The van der Waals surface area contributed by atoms with Crippen LogP contribution in [-0.2, 0) is 12.0 Å². The second-order valence-corrected chi connectivity index (χ2v) is 6.97. The minimum atomic E-state index is -0.0470. The summed E-state index contributed by atoms with van der Waals surface area (Å²) in [4.78, 5) is 12.0. The quantitative estimate of drug-likeness (QED) is 0.941. The molecule has 0 saturated carbocycles. The number of nitrogens with one attached hydrogen (secondary N) is 1. The first-order valence-corrected chi connectivity index (χ1v) is 7.43. The van der Waals surface area contributed by atoms with Crippen molar-refractivity contribution in [2.45, 2.75) is 39.7 Å². The molecular weight excluding hydrogens is 272 g/mol. The van der Waals surface area contributed by atoms with Crippen LogP contribution in [0.3, 0.4) is 0 Å². The molecule has 20 heavy (non-hydrogen) atoms. The standard InChI is InChI=1S/C14H20N4OS/c1-10-16-17-12(20-10)5-7-15-13(19)11-6-8-18(9-11)14(2,3)4/h6,8-9H,5,7H2,1-4H3,(H,15,19). The van der Waals surface area contributed by atoms with E-state index in [1.807, 2.05) is 30.0 Å². The van der Waals surface area contributed by atoms with Crippen LogP contribution in [0.15, 0.2) is 18.5 Å². The summed E-state index contributed by atoms with van der Waals surface area (Å²) in [6.45, 7) is 8.81. The third kappa shape index (κ3) is 3.66. The third-order valence-corrected chi connectivity index (χ3v) is 3.82. The molecule has 2 heterocycles. The van der Waals surface area contributed by atoms with Gasteiger partial charge in [-0.3, -0.25) is 4.79 Å². The van der Waals surface area contributed by atoms with Gasteiger partial charge < -0.3 is 9.88 Å². The lowest BCUT2D eigenvalue weighted by Gasteiger charge is -2.20. The normalized spacial score (nSPS) is 11.6. The maximum Gasteiger partial charge on any atom is 0.252 e. The Kier molecular flexibility index (Phi) is 4.23. The molecule has 2 aromatic rings. The molecule has 0 spiro atoms. The number of carbonyl (C=O) groups excluding carboxylic acids is 1. The van der Waals surface area contributed by atoms with Crippen molar-refractivity contribution in [2.24, 2.45) is 0 Å². The Bertz CT molecular complexity index is 594. The zero-order chi connectivity index (χ0) is 14.8. The summed E-state index contributed by atoms with van der Waals surface area (Å²) in [5, 5.41) is 12.8. The molecule has 6 heteroatoms. The minimum absolute atomic E-state index is 0.0113. The lowest BCUT2D eigenvalue weighted by atomic mass is 10.1. The highest BCUT2D eigenvalue weighted by Gasteiger charge is 2.15. The van der Waals surface area contributed by atoms with Crippen molar-refractivity contribution < 1.29 is 4.79 Å². The molecular formula is C14H20N4OS. The Balaban J connectivity index is 1.87. The van der Waals surface area contributed by atoms with Crippen molar-refractivity contribution in [1.82, 2.24) is 20.1 Å². The number of rotatable bonds is 4. The van der Waals surface area contributed by atoms with Gasteiger partial charge in [-0.25, -0.2) is 0 Å². The van der Waals surface area contributed by atoms with E-state index < -0.39 is 0 Å². The van der Waals surface area contributed by atoms with Crippen LogP contribution in [0.5, 0.6) is 0 Å². The molecule has 1 N–H and O–H groups in total. The first-order valence-electron chi connectivity index (χ1n) is 6.62. The fourth-order valence-corrected chi connectivity index (χ4v) is 2.48. The van der Waals surface area contributed by atoms with Crippen molar-refractivity contribution in [3.05, 3.63) is 34.0 Å². The number of hydrogen-bond donors (Lipinski definition) is 1. The van der Waals surface area contributed by atoms with Crippen molar-refractivity contribution in [3.8, 4) is 0 Å². The molecule has 108 valence electrons. The van der Waals surface area contributed by atoms with E-state index in [-0.39, 0.29) is 11.4 Å². The topological polar surface area (TPSA) is 59.8 Å². The van der Waals surface area contributed by atoms with E-state index in [1.54, 1.807) is 11.3 Å². The molecule has 0 saturated heterocycles. The first kappa shape index (κ1) is 14.7. The molecule has 0 atom stereocenters. The average Bonchev–Trinajstić information content (AvgIpc) is 2.97. The Morgan fingerprint density at radius 3 is 2.70 bits per heavy atom. The van der Waals surface area contributed by atoms with Gasteiger partial charge in [-0.15, -0.1) is 21.5 Å². The Labute approximate surface area is 123 Å². The van der Waals surface area contributed by atoms with E-state index in [2.05, 4.69) is 36.3 Å². The van der Waals surface area contributed by atoms with Crippen LogP contribution in [-0.4, -0.2) is 27.2 Å². The van der Waals surface area contributed by atoms with Gasteiger partial charge in [0.25, 0.3) is 5.91 Å². The second kappa shape index (κ2) is 5.75. The van der Waals surface area contributed by atoms with Gasteiger partial charge in [-0.2, -0.15) is 0 Å². The van der Waals surface area contributed by atoms with Gasteiger partial charge >= 0.3 is 0 Å². The van der Waals surface area contributed by atoms with E-state index in [0.717, 1.165) is 16.4 Å². The minimum Gasteiger partial charge on any atom is -0.352 e. The second-order valence-electron chi connectivity index (χ2n) is 5.70. The molecule has 5 nitrogen and oxygen atoms in total. The predicted molar refractivity (Wildman–Crippen MR) is 80.1 cm³/mol. The van der Waals surface area contributed by atoms with Crippen LogP contribution in [0, 0.1) is 6.92 Å². The zero-order valence-electron chi connectivity index (χ0n) is 12.3. The molecule has 0 fully saturated rings. The number of aromatic nitrogens is 3. The summed E-state index contributed by atoms with van der Waals surface area (Å²) in [6.07, 6.45) is 4.53. The fourth-order valence-electron chi connectivity index (χ4n) is 1.77. The van der Waals surface area contributed by atoms with Gasteiger partial charge in [0.1, 0.15) is 10.0 Å². The Hall–Kier alpha value is -1.69. The summed E-state index contributed by atoms with van der Waals surface area (Å²) >= 11 is 1.57. The smallest absolute Gasteiger partial charge is 0.252 e. The van der Waals surface area contributed by atoms with Crippen LogP contribution in [0.1, 0.15) is 41.1 Å². The van der Waals surface area contributed by atoms with E-state index in [0.29, 0.717) is 12.1 Å². The van der Waals surface area contributed by atoms with E-state index >= 15 is 0 Å². The van der Waals surface area contributed by atoms with Gasteiger partial charge in [-0.1, -0.05) is 0 Å². The largest absolute Gasteiger partial charge is 0.352 e. The molecule has 0 aliphatic heterocycles. The van der Waals surface area contributed by atoms with E-state index in [1.165, 1.54) is 0 Å². The molecule has 2 rings (SSSR count). The highest BCUT2D eigenvalue weighted by Crippen LogP contribution is 2.15. The molecule has 0 unspecified atom stereocenters. The van der Waals surface area contributed by atoms with Crippen LogP contribution in [0.4, 0.5) is 0 Å². The van der Waals surface area contributed by atoms with Crippen LogP contribution < -0.4 is 5.32 Å². The first-order chi connectivity index (χ1) is 9.36. The van der Waals surface area contributed by atoms with E-state index in [4.69, 9.17) is 0 Å². The monoisotopic (exact) mass is 292 g/mol. The number of aryl methyl sites for hydroxylation is 1. The number of hydrogen-bond acceptors (Lipinski definition) is 4. The van der Waals surface area contributed by atoms with Crippen LogP contribution in [0.25, 0.3) is 0 Å². The van der Waals surface area contributed by atoms with Crippen molar-refractivity contribution >= 4 is 17.2 Å². The van der Waals surface area contributed by atoms with Gasteiger partial charge in [0, 0.05) is 30.9 Å². The SMILES string of the molecule is Cc1nnc(CCNC(=O)c2ccn(C(C)(C)C)c2)s1. The highest BCUT2D eigenvalue weighted by molar-refractivity contribution is 7.11. The number of carbonyl (C=O) groups is 1. The highest BCUT2D eigenvalue weighted by atomic mass is 32.1. The van der Waals surface area contributed by atoms with Gasteiger partial charge in [0.05, 0.1) is 5.56 Å². The lowest BCUT2D eigenvalue weighted by molar-refractivity contribution is 0.0954. The predicted octanol–water partition coefficient (Wildman–Crippen LogP) is 2.38. The molecule has 0 aromatic carbocycles. The maximum atomic E-state index is 12.0. The molecule has 0 aliphatic carbocycles. The van der Waals surface area contributed by atoms with Crippen LogP contribution >= 0.6 is 11.3 Å². The Morgan fingerprint density at radius 1 is 1.40 bits per heavy atom. The molecule has 0 aliphatic rings. The summed E-state index contributed by atoms with van der Waals surface area (Å²) in [7, 11) is 0. The van der Waals surface area contributed by atoms with Gasteiger partial charge in [-0.05, 0) is 33.8 Å². The summed E-state index contributed by atoms with van der Waals surface area (Å²) in [5.41, 5.74) is 0.677. The molecule has 2 aromatic heterocycles. The van der Waals surface area contributed by atoms with Crippen molar-refractivity contribution in [2.75, 3.05) is 6.54 Å². The summed E-state index contributed by atoms with van der Waals surface area (Å²) in [5.74, 6) is -0.0470. The summed E-state index contributed by atoms with van der Waals surface area (Å²) in [6, 6.07) is 1.84. The maximum absolute atomic E-state index is 12.0. The Morgan fingerprint density at radius 2 is 2.15 bits per heavy atom. The lowest BCUT2D eigenvalue weighted by Crippen LogP contribution is -2.26. The fraction of sp³-hybridized carbons (Fsp3) is 0.500. The van der Waals surface area contributed by atoms with Crippen molar-refractivity contribution in [1.29, 1.82) is 0 Å². The number of amides is 1. The van der Waals surface area contributed by atoms with Gasteiger partial charge in [0.15, 0.2) is 0 Å². The molecule has 1 amide bonds. The average molecular weight is 292 g/mol. The molecule has 0 radical (unpaired) electrons. The summed E-state index contributed by atoms with van der Waals surface area (Å²) < 4.78 is 2.04. The van der Waals surface area contributed by atoms with Crippen molar-refractivity contribution in [3.63, 3.8) is 0 Å². The zero-order valence-corrected chi connectivity index (χ0v) is 13.1. The van der Waals surface area contributed by atoms with Gasteiger partial charge in [0.2, 0.25) is 0 Å². The van der Waals surface area contributed by atoms with Crippen LogP contribution in [0.2, 0.25) is 0 Å². The number of nitrogens with zero attached hydrogens (tertiary/aromatic N) is 3. The molecule has 0 bridgehead atoms.